The molecule has 3 N–H and O–H groups in total. The third-order valence-electron chi connectivity index (χ3n) is 5.01. The third kappa shape index (κ3) is 2.10. The van der Waals surface area contributed by atoms with Crippen LogP contribution >= 0.6 is 15.9 Å². The number of imidazole rings is 1. The molecular weight excluding hydrogens is 348 g/mol. The van der Waals surface area contributed by atoms with Gasteiger partial charge in [-0.3, -0.25) is 9.20 Å². The first-order valence-corrected chi connectivity index (χ1v) is 8.17. The monoisotopic (exact) mass is 366 g/mol. The molecule has 0 radical (unpaired) electrons. The molecule has 0 aromatic carbocycles. The largest absolute Gasteiger partial charge is 0.481 e. The van der Waals surface area contributed by atoms with Crippen molar-refractivity contribution in [2.24, 2.45) is 11.3 Å². The van der Waals surface area contributed by atoms with Crippen LogP contribution in [0.2, 0.25) is 0 Å². The van der Waals surface area contributed by atoms with Crippen LogP contribution in [0.4, 0.5) is 5.82 Å². The number of nitrogens with two attached hydrogens (primary N) is 1. The summed E-state index contributed by atoms with van der Waals surface area (Å²) in [6.07, 6.45) is 5.57. The van der Waals surface area contributed by atoms with Crippen molar-refractivity contribution >= 4 is 33.2 Å². The van der Waals surface area contributed by atoms with Crippen LogP contribution in [0.5, 0.6) is 0 Å². The highest BCUT2D eigenvalue weighted by molar-refractivity contribution is 9.10. The highest BCUT2D eigenvalue weighted by Crippen LogP contribution is 2.51. The third-order valence-corrected chi connectivity index (χ3v) is 5.57. The van der Waals surface area contributed by atoms with E-state index in [1.165, 1.54) is 0 Å². The molecule has 3 rings (SSSR count). The van der Waals surface area contributed by atoms with Gasteiger partial charge in [0.05, 0.1) is 5.41 Å². The van der Waals surface area contributed by atoms with Crippen LogP contribution in [-0.2, 0) is 4.79 Å². The number of halogens is 1. The zero-order valence-electron chi connectivity index (χ0n) is 12.6. The minimum Gasteiger partial charge on any atom is -0.481 e. The highest BCUT2D eigenvalue weighted by Gasteiger charge is 2.49. The van der Waals surface area contributed by atoms with E-state index in [1.807, 2.05) is 24.4 Å². The van der Waals surface area contributed by atoms with Crippen molar-refractivity contribution in [3.05, 3.63) is 22.8 Å². The Hall–Kier alpha value is -1.63. The lowest BCUT2D eigenvalue weighted by Crippen LogP contribution is -2.33. The molecule has 2 aromatic rings. The van der Waals surface area contributed by atoms with E-state index in [4.69, 9.17) is 5.73 Å². The number of hydrogen-bond acceptors (Lipinski definition) is 4. The van der Waals surface area contributed by atoms with Crippen LogP contribution < -0.4 is 5.73 Å². The Balaban J connectivity index is 2.04. The maximum Gasteiger partial charge on any atom is 0.309 e. The average Bonchev–Trinajstić information content (AvgIpc) is 3.02. The van der Waals surface area contributed by atoms with Gasteiger partial charge in [0.2, 0.25) is 0 Å². The van der Waals surface area contributed by atoms with E-state index >= 15 is 0 Å². The van der Waals surface area contributed by atoms with E-state index in [0.717, 1.165) is 17.8 Å². The van der Waals surface area contributed by atoms with Gasteiger partial charge in [-0.05, 0) is 41.1 Å². The second kappa shape index (κ2) is 5.22. The molecule has 1 aliphatic rings. The van der Waals surface area contributed by atoms with Gasteiger partial charge < -0.3 is 10.8 Å². The summed E-state index contributed by atoms with van der Waals surface area (Å²) in [6, 6.07) is 0. The molecule has 2 atom stereocenters. The van der Waals surface area contributed by atoms with E-state index in [9.17, 15) is 9.90 Å². The predicted molar refractivity (Wildman–Crippen MR) is 86.6 cm³/mol. The van der Waals surface area contributed by atoms with Gasteiger partial charge >= 0.3 is 5.97 Å². The van der Waals surface area contributed by atoms with Crippen molar-refractivity contribution < 1.29 is 9.90 Å². The van der Waals surface area contributed by atoms with E-state index in [0.29, 0.717) is 23.3 Å². The number of aliphatic carboxylic acids is 1. The average molecular weight is 367 g/mol. The topological polar surface area (TPSA) is 93.5 Å². The second-order valence-electron chi connectivity index (χ2n) is 6.35. The number of aromatic nitrogens is 3. The molecule has 2 aromatic heterocycles. The quantitative estimate of drug-likeness (QED) is 0.870. The number of rotatable bonds is 3. The molecule has 0 unspecified atom stereocenters. The van der Waals surface area contributed by atoms with Gasteiger partial charge in [0.15, 0.2) is 5.82 Å². The van der Waals surface area contributed by atoms with Gasteiger partial charge in [-0.2, -0.15) is 0 Å². The first-order chi connectivity index (χ1) is 10.4. The summed E-state index contributed by atoms with van der Waals surface area (Å²) in [5.74, 6) is 0.779. The number of fused-ring (bicyclic) bond motifs is 1. The van der Waals surface area contributed by atoms with Crippen LogP contribution in [0.3, 0.4) is 0 Å². The molecule has 118 valence electrons. The molecular formula is C15H19BrN4O2. The summed E-state index contributed by atoms with van der Waals surface area (Å²) in [7, 11) is 0. The SMILES string of the molecule is CC(C)[C@]1(C(=O)O)CC[C@@H](c2nc(Br)c3c(N)nccn23)C1. The summed E-state index contributed by atoms with van der Waals surface area (Å²) < 4.78 is 2.58. The standard InChI is InChI=1S/C15H19BrN4O2/c1-8(2)15(14(21)22)4-3-9(7-15)13-19-11(16)10-12(17)18-5-6-20(10)13/h5-6,8-9H,3-4,7H2,1-2H3,(H2,17,18)(H,21,22)/t9-,15+/m1/s1. The van der Waals surface area contributed by atoms with E-state index in [1.54, 1.807) is 6.20 Å². The number of nitrogen functional groups attached to an aromatic ring is 1. The Labute approximate surface area is 136 Å². The summed E-state index contributed by atoms with van der Waals surface area (Å²) in [4.78, 5) is 20.5. The lowest BCUT2D eigenvalue weighted by atomic mass is 9.75. The molecule has 0 saturated heterocycles. The van der Waals surface area contributed by atoms with Crippen LogP contribution in [0, 0.1) is 11.3 Å². The molecule has 0 aliphatic heterocycles. The Kier molecular flexibility index (Phi) is 3.63. The molecule has 0 amide bonds. The summed E-state index contributed by atoms with van der Waals surface area (Å²) in [5, 5.41) is 9.69. The zero-order valence-corrected chi connectivity index (χ0v) is 14.2. The van der Waals surface area contributed by atoms with Crippen molar-refractivity contribution in [3.8, 4) is 0 Å². The molecule has 7 heteroatoms. The van der Waals surface area contributed by atoms with Crippen molar-refractivity contribution in [3.63, 3.8) is 0 Å². The van der Waals surface area contributed by atoms with Crippen molar-refractivity contribution in [1.82, 2.24) is 14.4 Å². The van der Waals surface area contributed by atoms with Gasteiger partial charge in [-0.25, -0.2) is 9.97 Å². The van der Waals surface area contributed by atoms with Crippen LogP contribution in [0.15, 0.2) is 17.0 Å². The smallest absolute Gasteiger partial charge is 0.309 e. The summed E-state index contributed by atoms with van der Waals surface area (Å²) in [6.45, 7) is 3.97. The minimum atomic E-state index is -0.703. The Morgan fingerprint density at radius 3 is 2.91 bits per heavy atom. The molecule has 0 spiro atoms. The lowest BCUT2D eigenvalue weighted by molar-refractivity contribution is -0.151. The van der Waals surface area contributed by atoms with Crippen molar-refractivity contribution in [1.29, 1.82) is 0 Å². The van der Waals surface area contributed by atoms with Gasteiger partial charge in [0, 0.05) is 18.3 Å². The first kappa shape index (κ1) is 15.3. The normalized spacial score (nSPS) is 25.2. The second-order valence-corrected chi connectivity index (χ2v) is 7.10. The van der Waals surface area contributed by atoms with Crippen molar-refractivity contribution in [2.75, 3.05) is 5.73 Å². The summed E-state index contributed by atoms with van der Waals surface area (Å²) in [5.41, 5.74) is 6.00. The fourth-order valence-electron chi connectivity index (χ4n) is 3.59. The maximum atomic E-state index is 11.8. The van der Waals surface area contributed by atoms with Gasteiger partial charge in [0.1, 0.15) is 15.9 Å². The molecule has 1 fully saturated rings. The number of carboxylic acids is 1. The molecule has 0 bridgehead atoms. The van der Waals surface area contributed by atoms with Crippen LogP contribution in [-0.4, -0.2) is 25.4 Å². The van der Waals surface area contributed by atoms with E-state index in [2.05, 4.69) is 25.9 Å². The maximum absolute atomic E-state index is 11.8. The number of anilines is 1. The number of hydrogen-bond donors (Lipinski definition) is 2. The van der Waals surface area contributed by atoms with E-state index < -0.39 is 11.4 Å². The minimum absolute atomic E-state index is 0.0939. The van der Waals surface area contributed by atoms with Gasteiger partial charge in [-0.15, -0.1) is 0 Å². The van der Waals surface area contributed by atoms with Gasteiger partial charge in [0.25, 0.3) is 0 Å². The fourth-order valence-corrected chi connectivity index (χ4v) is 4.17. The van der Waals surface area contributed by atoms with Crippen LogP contribution in [0.1, 0.15) is 44.9 Å². The summed E-state index contributed by atoms with van der Waals surface area (Å²) >= 11 is 3.43. The predicted octanol–water partition coefficient (Wildman–Crippen LogP) is 3.07. The molecule has 2 heterocycles. The Bertz CT molecular complexity index is 742. The first-order valence-electron chi connectivity index (χ1n) is 7.38. The Morgan fingerprint density at radius 2 is 2.32 bits per heavy atom. The molecule has 1 saturated carbocycles. The number of nitrogens with zero attached hydrogens (tertiary/aromatic N) is 3. The van der Waals surface area contributed by atoms with E-state index in [-0.39, 0.29) is 11.8 Å². The zero-order chi connectivity index (χ0) is 16.1. The highest BCUT2D eigenvalue weighted by atomic mass is 79.9. The number of carbonyl (C=O) groups is 1. The molecule has 22 heavy (non-hydrogen) atoms. The lowest BCUT2D eigenvalue weighted by Gasteiger charge is -2.28. The number of carboxylic acid groups (broad SMARTS) is 1. The Morgan fingerprint density at radius 1 is 1.59 bits per heavy atom. The van der Waals surface area contributed by atoms with Crippen molar-refractivity contribution in [2.45, 2.75) is 39.0 Å². The molecule has 6 nitrogen and oxygen atoms in total. The van der Waals surface area contributed by atoms with Crippen LogP contribution in [0.25, 0.3) is 5.52 Å². The molecule has 1 aliphatic carbocycles. The van der Waals surface area contributed by atoms with Gasteiger partial charge in [-0.1, -0.05) is 13.8 Å². The fraction of sp³-hybridized carbons (Fsp3) is 0.533.